The Bertz CT molecular complexity index is 502. The number of hydrogen-bond donors (Lipinski definition) is 0. The molecule has 82 valence electrons. The van der Waals surface area contributed by atoms with Gasteiger partial charge >= 0.3 is 0 Å². The average molecular weight is 234 g/mol. The van der Waals surface area contributed by atoms with E-state index in [9.17, 15) is 4.39 Å². The van der Waals surface area contributed by atoms with Crippen molar-refractivity contribution < 1.29 is 4.39 Å². The van der Waals surface area contributed by atoms with Crippen molar-refractivity contribution in [3.63, 3.8) is 0 Å². The van der Waals surface area contributed by atoms with Gasteiger partial charge in [0.05, 0.1) is 17.2 Å². The molecule has 0 radical (unpaired) electrons. The number of hydrogen-bond acceptors (Lipinski definition) is 1. The summed E-state index contributed by atoms with van der Waals surface area (Å²) in [6.45, 7) is 11.0. The van der Waals surface area contributed by atoms with Crippen molar-refractivity contribution in [2.75, 3.05) is 4.90 Å². The second-order valence-electron chi connectivity index (χ2n) is 4.05. The highest BCUT2D eigenvalue weighted by Crippen LogP contribution is 2.41. The maximum atomic E-state index is 13.5. The van der Waals surface area contributed by atoms with Crippen LogP contribution in [0.2, 0.25) is 0 Å². The van der Waals surface area contributed by atoms with E-state index >= 15 is 0 Å². The lowest BCUT2D eigenvalue weighted by Gasteiger charge is -2.25. The third kappa shape index (κ3) is 1.48. The Hall–Kier alpha value is -1.47. The van der Waals surface area contributed by atoms with E-state index in [0.717, 1.165) is 10.6 Å². The van der Waals surface area contributed by atoms with Gasteiger partial charge in [-0.1, -0.05) is 18.3 Å². The Morgan fingerprint density at radius 2 is 2.19 bits per heavy atom. The molecule has 4 heteroatoms. The van der Waals surface area contributed by atoms with Crippen LogP contribution in [0.1, 0.15) is 19.4 Å². The summed E-state index contributed by atoms with van der Waals surface area (Å²) in [5.41, 5.74) is 1.70. The van der Waals surface area contributed by atoms with E-state index in [-0.39, 0.29) is 11.7 Å². The van der Waals surface area contributed by atoms with E-state index in [2.05, 4.69) is 4.85 Å². The maximum absolute atomic E-state index is 13.5. The Morgan fingerprint density at radius 1 is 1.50 bits per heavy atom. The quantitative estimate of drug-likeness (QED) is 0.543. The first-order valence-electron chi connectivity index (χ1n) is 5.07. The van der Waals surface area contributed by atoms with Gasteiger partial charge in [-0.15, -0.1) is 0 Å². The molecule has 2 rings (SSSR count). The molecule has 0 atom stereocenters. The Morgan fingerprint density at radius 3 is 2.75 bits per heavy atom. The monoisotopic (exact) mass is 234 g/mol. The maximum Gasteiger partial charge on any atom is 0.245 e. The van der Waals surface area contributed by atoms with E-state index < -0.39 is 5.82 Å². The van der Waals surface area contributed by atoms with Gasteiger partial charge in [0.25, 0.3) is 0 Å². The number of anilines is 1. The van der Waals surface area contributed by atoms with Crippen LogP contribution in [0.4, 0.5) is 15.8 Å². The van der Waals surface area contributed by atoms with E-state index in [0.29, 0.717) is 12.1 Å². The van der Waals surface area contributed by atoms with Crippen LogP contribution in [0.5, 0.6) is 0 Å². The fourth-order valence-electron chi connectivity index (χ4n) is 2.03. The summed E-state index contributed by atoms with van der Waals surface area (Å²) in [6, 6.07) is 3.21. The second-order valence-corrected chi connectivity index (χ2v) is 4.52. The van der Waals surface area contributed by atoms with Gasteiger partial charge in [0, 0.05) is 12.5 Å². The van der Waals surface area contributed by atoms with Gasteiger partial charge < -0.3 is 4.90 Å². The summed E-state index contributed by atoms with van der Waals surface area (Å²) in [5, 5.41) is 0. The highest BCUT2D eigenvalue weighted by atomic mass is 32.1. The molecule has 0 spiro atoms. The van der Waals surface area contributed by atoms with Crippen molar-refractivity contribution >= 4 is 28.6 Å². The van der Waals surface area contributed by atoms with Gasteiger partial charge in [0.15, 0.2) is 0 Å². The molecular formula is C12H11FN2S. The number of thiocarbonyl (C=S) groups is 1. The molecule has 0 aliphatic carbocycles. The van der Waals surface area contributed by atoms with Gasteiger partial charge in [-0.05, 0) is 25.5 Å². The van der Waals surface area contributed by atoms with Crippen molar-refractivity contribution in [2.45, 2.75) is 26.3 Å². The molecule has 16 heavy (non-hydrogen) atoms. The summed E-state index contributed by atoms with van der Waals surface area (Å²) in [4.78, 5) is 5.92. The number of rotatable bonds is 1. The van der Waals surface area contributed by atoms with Crippen molar-refractivity contribution in [3.05, 3.63) is 34.9 Å². The molecule has 0 bridgehead atoms. The van der Waals surface area contributed by atoms with Crippen LogP contribution in [-0.2, 0) is 6.42 Å². The molecule has 0 saturated carbocycles. The van der Waals surface area contributed by atoms with Crippen molar-refractivity contribution in [1.82, 2.24) is 0 Å². The average Bonchev–Trinajstić information content (AvgIpc) is 2.54. The zero-order chi connectivity index (χ0) is 11.9. The molecule has 0 aromatic heterocycles. The minimum absolute atomic E-state index is 0.0889. The highest BCUT2D eigenvalue weighted by Gasteiger charge is 2.30. The molecule has 0 N–H and O–H groups in total. The zero-order valence-corrected chi connectivity index (χ0v) is 9.94. The first-order chi connectivity index (χ1) is 7.56. The fourth-order valence-corrected chi connectivity index (χ4v) is 2.49. The summed E-state index contributed by atoms with van der Waals surface area (Å²) in [7, 11) is 0. The molecule has 1 heterocycles. The minimum atomic E-state index is -0.468. The smallest absolute Gasteiger partial charge is 0.245 e. The van der Waals surface area contributed by atoms with Gasteiger partial charge in [0.1, 0.15) is 5.82 Å². The molecule has 0 fully saturated rings. The Labute approximate surface area is 99.5 Å². The minimum Gasteiger partial charge on any atom is -0.342 e. The largest absolute Gasteiger partial charge is 0.342 e. The van der Waals surface area contributed by atoms with Gasteiger partial charge in [-0.3, -0.25) is 0 Å². The van der Waals surface area contributed by atoms with Crippen molar-refractivity contribution in [2.24, 2.45) is 0 Å². The number of halogens is 1. The summed E-state index contributed by atoms with van der Waals surface area (Å²) >= 11 is 5.27. The van der Waals surface area contributed by atoms with Crippen LogP contribution < -0.4 is 4.90 Å². The summed E-state index contributed by atoms with van der Waals surface area (Å²) in [5.74, 6) is -0.468. The van der Waals surface area contributed by atoms with Crippen LogP contribution in [0.25, 0.3) is 4.85 Å². The zero-order valence-electron chi connectivity index (χ0n) is 9.12. The van der Waals surface area contributed by atoms with E-state index in [1.54, 1.807) is 6.07 Å². The lowest BCUT2D eigenvalue weighted by molar-refractivity contribution is 0.633. The summed E-state index contributed by atoms with van der Waals surface area (Å²) < 4.78 is 13.5. The van der Waals surface area contributed by atoms with Gasteiger partial charge in [0.2, 0.25) is 5.69 Å². The Kier molecular flexibility index (Phi) is 2.64. The van der Waals surface area contributed by atoms with Gasteiger partial charge in [-0.25, -0.2) is 9.24 Å². The number of fused-ring (bicyclic) bond motifs is 1. The van der Waals surface area contributed by atoms with E-state index in [1.807, 2.05) is 18.7 Å². The molecule has 1 aliphatic rings. The SMILES string of the molecule is [C-]#[N+]c1c(F)ccc2c1N(C(C)C)C(=S)C2. The molecule has 1 aromatic carbocycles. The second kappa shape index (κ2) is 3.84. The molecule has 2 nitrogen and oxygen atoms in total. The predicted molar refractivity (Wildman–Crippen MR) is 66.6 cm³/mol. The van der Waals surface area contributed by atoms with Crippen molar-refractivity contribution in [3.8, 4) is 0 Å². The molecule has 1 aliphatic heterocycles. The third-order valence-corrected chi connectivity index (χ3v) is 3.01. The number of nitrogens with zero attached hydrogens (tertiary/aromatic N) is 2. The normalized spacial score (nSPS) is 14.2. The lowest BCUT2D eigenvalue weighted by Crippen LogP contribution is -2.32. The summed E-state index contributed by atoms with van der Waals surface area (Å²) in [6.07, 6.45) is 0.631. The van der Waals surface area contributed by atoms with Crippen LogP contribution in [0.15, 0.2) is 12.1 Å². The fraction of sp³-hybridized carbons (Fsp3) is 0.333. The first-order valence-corrected chi connectivity index (χ1v) is 5.48. The first kappa shape index (κ1) is 11.0. The topological polar surface area (TPSA) is 7.60 Å². The third-order valence-electron chi connectivity index (χ3n) is 2.67. The van der Waals surface area contributed by atoms with E-state index in [4.69, 9.17) is 18.8 Å². The Balaban J connectivity index is 2.68. The molecule has 0 unspecified atom stereocenters. The highest BCUT2D eigenvalue weighted by molar-refractivity contribution is 7.80. The van der Waals surface area contributed by atoms with Crippen LogP contribution in [0, 0.1) is 12.4 Å². The van der Waals surface area contributed by atoms with Crippen molar-refractivity contribution in [1.29, 1.82) is 0 Å². The molecular weight excluding hydrogens is 223 g/mol. The molecule has 0 saturated heterocycles. The van der Waals surface area contributed by atoms with Crippen LogP contribution >= 0.6 is 12.2 Å². The van der Waals surface area contributed by atoms with Crippen LogP contribution in [0.3, 0.4) is 0 Å². The van der Waals surface area contributed by atoms with Crippen LogP contribution in [-0.4, -0.2) is 11.0 Å². The molecule has 0 amide bonds. The van der Waals surface area contributed by atoms with E-state index in [1.165, 1.54) is 6.07 Å². The number of benzene rings is 1. The van der Waals surface area contributed by atoms with Gasteiger partial charge in [-0.2, -0.15) is 0 Å². The predicted octanol–water partition coefficient (Wildman–Crippen LogP) is 3.47. The standard InChI is InChI=1S/C12H11FN2S/c1-7(2)15-10(16)6-8-4-5-9(13)11(14-3)12(8)15/h4-5,7H,6H2,1-2H3. The molecule has 1 aromatic rings. The lowest BCUT2D eigenvalue weighted by atomic mass is 10.1.